The van der Waals surface area contributed by atoms with Crippen LogP contribution in [0.5, 0.6) is 0 Å². The van der Waals surface area contributed by atoms with Gasteiger partial charge in [-0.2, -0.15) is 0 Å². The van der Waals surface area contributed by atoms with E-state index in [1.165, 1.54) is 18.9 Å². The van der Waals surface area contributed by atoms with Crippen LogP contribution in [-0.4, -0.2) is 31.1 Å². The lowest BCUT2D eigenvalue weighted by atomic mass is 10.3. The molecule has 0 aromatic heterocycles. The highest BCUT2D eigenvalue weighted by Crippen LogP contribution is 2.16. The average molecular weight is 226 g/mol. The van der Waals surface area contributed by atoms with Gasteiger partial charge >= 0.3 is 0 Å². The summed E-state index contributed by atoms with van der Waals surface area (Å²) in [6.07, 6.45) is 2.49. The number of hydrogen-bond acceptors (Lipinski definition) is 2. The summed E-state index contributed by atoms with van der Waals surface area (Å²) in [6, 6.07) is 4.19. The Labute approximate surface area is 94.3 Å². The van der Waals surface area contributed by atoms with Gasteiger partial charge < -0.3 is 10.2 Å². The van der Waals surface area contributed by atoms with Crippen LogP contribution < -0.4 is 5.32 Å². The number of rotatable bonds is 4. The maximum absolute atomic E-state index is 13.3. The van der Waals surface area contributed by atoms with E-state index in [9.17, 15) is 8.78 Å². The Bertz CT molecular complexity index is 349. The van der Waals surface area contributed by atoms with Crippen molar-refractivity contribution in [1.29, 1.82) is 0 Å². The first-order valence-electron chi connectivity index (χ1n) is 5.67. The second-order valence-corrected chi connectivity index (χ2v) is 4.08. The summed E-state index contributed by atoms with van der Waals surface area (Å²) in [6.45, 7) is 3.77. The predicted octanol–water partition coefficient (Wildman–Crippen LogP) is 2.47. The van der Waals surface area contributed by atoms with E-state index in [1.807, 2.05) is 0 Å². The van der Waals surface area contributed by atoms with E-state index in [0.717, 1.165) is 25.7 Å². The highest BCUT2D eigenvalue weighted by atomic mass is 19.2. The van der Waals surface area contributed by atoms with Gasteiger partial charge in [-0.25, -0.2) is 8.78 Å². The molecule has 2 nitrogen and oxygen atoms in total. The second kappa shape index (κ2) is 5.25. The van der Waals surface area contributed by atoms with E-state index < -0.39 is 11.6 Å². The summed E-state index contributed by atoms with van der Waals surface area (Å²) >= 11 is 0. The van der Waals surface area contributed by atoms with Crippen LogP contribution >= 0.6 is 0 Å². The molecule has 0 atom stereocenters. The van der Waals surface area contributed by atoms with Gasteiger partial charge in [0.25, 0.3) is 0 Å². The fourth-order valence-electron chi connectivity index (χ4n) is 2.00. The van der Waals surface area contributed by atoms with Gasteiger partial charge in [0.05, 0.1) is 5.69 Å². The predicted molar refractivity (Wildman–Crippen MR) is 60.5 cm³/mol. The van der Waals surface area contributed by atoms with Crippen LogP contribution in [0.4, 0.5) is 14.5 Å². The third-order valence-corrected chi connectivity index (χ3v) is 2.89. The first-order valence-corrected chi connectivity index (χ1v) is 5.67. The molecular formula is C12H16F2N2. The van der Waals surface area contributed by atoms with Gasteiger partial charge in [0, 0.05) is 13.1 Å². The molecule has 0 bridgehead atoms. The molecule has 0 amide bonds. The van der Waals surface area contributed by atoms with Crippen LogP contribution in [0.15, 0.2) is 18.2 Å². The molecule has 0 radical (unpaired) electrons. The molecule has 0 saturated carbocycles. The molecule has 1 aliphatic heterocycles. The summed E-state index contributed by atoms with van der Waals surface area (Å²) in [5.74, 6) is -1.59. The fourth-order valence-corrected chi connectivity index (χ4v) is 2.00. The Kier molecular flexibility index (Phi) is 3.72. The van der Waals surface area contributed by atoms with Gasteiger partial charge in [-0.05, 0) is 38.1 Å². The maximum Gasteiger partial charge on any atom is 0.181 e. The molecular weight excluding hydrogens is 210 g/mol. The van der Waals surface area contributed by atoms with E-state index in [1.54, 1.807) is 6.07 Å². The topological polar surface area (TPSA) is 15.3 Å². The Balaban J connectivity index is 1.82. The smallest absolute Gasteiger partial charge is 0.181 e. The van der Waals surface area contributed by atoms with Gasteiger partial charge in [0.2, 0.25) is 0 Å². The SMILES string of the molecule is Fc1cccc(NCCN2CCCC2)c1F. The summed E-state index contributed by atoms with van der Waals surface area (Å²) in [4.78, 5) is 2.32. The zero-order chi connectivity index (χ0) is 11.4. The summed E-state index contributed by atoms with van der Waals surface area (Å²) in [5, 5.41) is 2.92. The number of likely N-dealkylation sites (tertiary alicyclic amines) is 1. The summed E-state index contributed by atoms with van der Waals surface area (Å²) in [7, 11) is 0. The molecule has 1 N–H and O–H groups in total. The zero-order valence-electron chi connectivity index (χ0n) is 9.18. The van der Waals surface area contributed by atoms with Crippen LogP contribution in [-0.2, 0) is 0 Å². The van der Waals surface area contributed by atoms with Crippen molar-refractivity contribution in [3.63, 3.8) is 0 Å². The van der Waals surface area contributed by atoms with E-state index in [0.29, 0.717) is 6.54 Å². The first kappa shape index (κ1) is 11.3. The van der Waals surface area contributed by atoms with Crippen LogP contribution in [0.3, 0.4) is 0 Å². The number of benzene rings is 1. The molecule has 88 valence electrons. The van der Waals surface area contributed by atoms with Crippen LogP contribution in [0.25, 0.3) is 0 Å². The van der Waals surface area contributed by atoms with E-state index in [2.05, 4.69) is 10.2 Å². The van der Waals surface area contributed by atoms with Gasteiger partial charge in [-0.3, -0.25) is 0 Å². The minimum Gasteiger partial charge on any atom is -0.381 e. The second-order valence-electron chi connectivity index (χ2n) is 4.08. The van der Waals surface area contributed by atoms with Crippen LogP contribution in [0.1, 0.15) is 12.8 Å². The molecule has 0 aliphatic carbocycles. The minimum absolute atomic E-state index is 0.249. The van der Waals surface area contributed by atoms with Gasteiger partial charge in [0.1, 0.15) is 0 Å². The summed E-state index contributed by atoms with van der Waals surface area (Å²) < 4.78 is 26.1. The molecule has 0 spiro atoms. The molecule has 16 heavy (non-hydrogen) atoms. The largest absolute Gasteiger partial charge is 0.381 e. The third-order valence-electron chi connectivity index (χ3n) is 2.89. The maximum atomic E-state index is 13.3. The molecule has 1 aromatic carbocycles. The molecule has 1 saturated heterocycles. The number of hydrogen-bond donors (Lipinski definition) is 1. The fraction of sp³-hybridized carbons (Fsp3) is 0.500. The Morgan fingerprint density at radius 3 is 2.69 bits per heavy atom. The quantitative estimate of drug-likeness (QED) is 0.848. The van der Waals surface area contributed by atoms with E-state index in [-0.39, 0.29) is 5.69 Å². The average Bonchev–Trinajstić information content (AvgIpc) is 2.77. The molecule has 1 aromatic rings. The normalized spacial score (nSPS) is 16.6. The first-order chi connectivity index (χ1) is 7.77. The van der Waals surface area contributed by atoms with Crippen molar-refractivity contribution < 1.29 is 8.78 Å². The Morgan fingerprint density at radius 2 is 1.94 bits per heavy atom. The highest BCUT2D eigenvalue weighted by Gasteiger charge is 2.11. The van der Waals surface area contributed by atoms with Crippen molar-refractivity contribution in [1.82, 2.24) is 4.90 Å². The van der Waals surface area contributed by atoms with Gasteiger partial charge in [0.15, 0.2) is 11.6 Å². The van der Waals surface area contributed by atoms with Crippen molar-refractivity contribution in [2.45, 2.75) is 12.8 Å². The van der Waals surface area contributed by atoms with Gasteiger partial charge in [-0.15, -0.1) is 0 Å². The van der Waals surface area contributed by atoms with E-state index in [4.69, 9.17) is 0 Å². The van der Waals surface area contributed by atoms with E-state index >= 15 is 0 Å². The van der Waals surface area contributed by atoms with Crippen molar-refractivity contribution in [3.8, 4) is 0 Å². The molecule has 1 fully saturated rings. The molecule has 0 unspecified atom stereocenters. The van der Waals surface area contributed by atoms with Crippen molar-refractivity contribution in [2.24, 2.45) is 0 Å². The third kappa shape index (κ3) is 2.70. The minimum atomic E-state index is -0.800. The van der Waals surface area contributed by atoms with Gasteiger partial charge in [-0.1, -0.05) is 6.07 Å². The number of anilines is 1. The molecule has 1 aliphatic rings. The highest BCUT2D eigenvalue weighted by molar-refractivity contribution is 5.44. The molecule has 1 heterocycles. The monoisotopic (exact) mass is 226 g/mol. The Morgan fingerprint density at radius 1 is 1.19 bits per heavy atom. The Hall–Kier alpha value is -1.16. The summed E-state index contributed by atoms with van der Waals surface area (Å²) in [5.41, 5.74) is 0.249. The van der Waals surface area contributed by atoms with Crippen LogP contribution in [0, 0.1) is 11.6 Å². The number of halogens is 2. The molecule has 4 heteroatoms. The standard InChI is InChI=1S/C12H16F2N2/c13-10-4-3-5-11(12(10)14)15-6-9-16-7-1-2-8-16/h3-5,15H,1-2,6-9H2. The molecule has 2 rings (SSSR count). The van der Waals surface area contributed by atoms with Crippen molar-refractivity contribution in [2.75, 3.05) is 31.5 Å². The van der Waals surface area contributed by atoms with Crippen molar-refractivity contribution in [3.05, 3.63) is 29.8 Å². The lowest BCUT2D eigenvalue weighted by molar-refractivity contribution is 0.352. The lowest BCUT2D eigenvalue weighted by Crippen LogP contribution is -2.26. The van der Waals surface area contributed by atoms with Crippen molar-refractivity contribution >= 4 is 5.69 Å². The number of nitrogens with zero attached hydrogens (tertiary/aromatic N) is 1. The zero-order valence-corrected chi connectivity index (χ0v) is 9.18. The number of nitrogens with one attached hydrogen (secondary N) is 1. The van der Waals surface area contributed by atoms with Crippen LogP contribution in [0.2, 0.25) is 0 Å². The lowest BCUT2D eigenvalue weighted by Gasteiger charge is -2.15.